The van der Waals surface area contributed by atoms with Crippen molar-refractivity contribution < 1.29 is 35.9 Å². The Morgan fingerprint density at radius 2 is 1.81 bits per heavy atom. The quantitative estimate of drug-likeness (QED) is 0.638. The topological polar surface area (TPSA) is 66.8 Å². The molecule has 1 aliphatic rings. The fourth-order valence-electron chi connectivity index (χ4n) is 1.06. The van der Waals surface area contributed by atoms with Crippen molar-refractivity contribution in [2.75, 3.05) is 6.61 Å². The van der Waals surface area contributed by atoms with Gasteiger partial charge in [-0.05, 0) is 12.1 Å². The van der Waals surface area contributed by atoms with Crippen LogP contribution in [0.1, 0.15) is 5.56 Å². The van der Waals surface area contributed by atoms with E-state index in [0.29, 0.717) is 6.61 Å². The molecule has 1 heterocycles. The summed E-state index contributed by atoms with van der Waals surface area (Å²) in [6.07, 6.45) is 4.10. The average molecular weight is 300 g/mol. The first-order valence-electron chi connectivity index (χ1n) is 4.00. The van der Waals surface area contributed by atoms with Crippen LogP contribution in [0.25, 0.3) is 6.08 Å². The van der Waals surface area contributed by atoms with E-state index in [0.717, 1.165) is 5.75 Å². The van der Waals surface area contributed by atoms with Gasteiger partial charge in [0.05, 0.1) is 0 Å². The molecule has 1 aliphatic heterocycles. The van der Waals surface area contributed by atoms with E-state index < -0.39 is 9.17 Å². The molecule has 16 heavy (non-hydrogen) atoms. The smallest absolute Gasteiger partial charge is 0.511 e. The molecule has 4 nitrogen and oxygen atoms in total. The SMILES string of the molecule is C1=Cc2ccccc2OC1.O=[Si](O)O.[Cu].[MgH2]. The molecule has 0 spiro atoms. The number of ether oxygens (including phenoxy) is 1. The molecule has 2 N–H and O–H groups in total. The Morgan fingerprint density at radius 1 is 1.25 bits per heavy atom. The molecular weight excluding hydrogens is 288 g/mol. The Hall–Kier alpha value is -0.337. The van der Waals surface area contributed by atoms with Gasteiger partial charge in [-0.25, -0.2) is 0 Å². The fourth-order valence-corrected chi connectivity index (χ4v) is 1.06. The van der Waals surface area contributed by atoms with E-state index in [2.05, 4.69) is 6.08 Å². The minimum Gasteiger partial charge on any atom is -0.511 e. The van der Waals surface area contributed by atoms with Crippen molar-refractivity contribution >= 4 is 38.3 Å². The summed E-state index contributed by atoms with van der Waals surface area (Å²) in [5, 5.41) is 0. The van der Waals surface area contributed by atoms with Gasteiger partial charge in [0, 0.05) is 22.6 Å². The minimum atomic E-state index is -3.13. The number of para-hydroxylation sites is 1. The van der Waals surface area contributed by atoms with E-state index in [4.69, 9.17) is 18.8 Å². The summed E-state index contributed by atoms with van der Waals surface area (Å²) >= 11 is 0. The molecule has 0 saturated heterocycles. The molecule has 0 unspecified atom stereocenters. The maximum atomic E-state index is 8.74. The number of hydrogen-bond donors (Lipinski definition) is 2. The molecule has 0 saturated carbocycles. The van der Waals surface area contributed by atoms with Gasteiger partial charge in [0.15, 0.2) is 0 Å². The third-order valence-electron chi connectivity index (χ3n) is 1.55. The minimum absolute atomic E-state index is 0. The maximum absolute atomic E-state index is 8.74. The zero-order valence-corrected chi connectivity index (χ0v) is 9.63. The molecule has 89 valence electrons. The second kappa shape index (κ2) is 9.86. The summed E-state index contributed by atoms with van der Waals surface area (Å²) < 4.78 is 14.1. The molecule has 1 aromatic carbocycles. The molecule has 0 atom stereocenters. The van der Waals surface area contributed by atoms with E-state index >= 15 is 0 Å². The molecule has 2 rings (SSSR count). The van der Waals surface area contributed by atoms with Crippen molar-refractivity contribution in [3.63, 3.8) is 0 Å². The molecule has 1 aromatic rings. The summed E-state index contributed by atoms with van der Waals surface area (Å²) in [5.41, 5.74) is 1.17. The molecule has 0 aliphatic carbocycles. The van der Waals surface area contributed by atoms with Gasteiger partial charge in [-0.2, -0.15) is 0 Å². The summed E-state index contributed by atoms with van der Waals surface area (Å²) in [4.78, 5) is 14.3. The van der Waals surface area contributed by atoms with Crippen molar-refractivity contribution in [2.45, 2.75) is 0 Å². The van der Waals surface area contributed by atoms with Crippen LogP contribution in [0.2, 0.25) is 0 Å². The summed E-state index contributed by atoms with van der Waals surface area (Å²) in [7, 11) is -3.13. The van der Waals surface area contributed by atoms with Crippen LogP contribution in [0.3, 0.4) is 0 Å². The Morgan fingerprint density at radius 3 is 2.38 bits per heavy atom. The van der Waals surface area contributed by atoms with Gasteiger partial charge in [0.25, 0.3) is 0 Å². The number of rotatable bonds is 0. The van der Waals surface area contributed by atoms with Crippen molar-refractivity contribution in [1.82, 2.24) is 0 Å². The van der Waals surface area contributed by atoms with Crippen LogP contribution < -0.4 is 4.74 Å². The first-order valence-corrected chi connectivity index (χ1v) is 5.30. The summed E-state index contributed by atoms with van der Waals surface area (Å²) in [6, 6.07) is 8.03. The Bertz CT molecular complexity index is 355. The molecule has 1 radical (unpaired) electrons. The standard InChI is InChI=1S/C9H8O.Cu.Mg.H2O3Si.2H/c1-2-6-9-8(4-1)5-3-7-10-9;;;1-4(2)3;;/h1-6H,7H2;;;1-2H;;. The Labute approximate surface area is 122 Å². The molecule has 7 heteroatoms. The summed E-state index contributed by atoms with van der Waals surface area (Å²) in [5.74, 6) is 0.991. The largest absolute Gasteiger partial charge is 0.761 e. The normalized spacial score (nSPS) is 10.2. The fraction of sp³-hybridized carbons (Fsp3) is 0.111. The predicted molar refractivity (Wildman–Crippen MR) is 60.4 cm³/mol. The van der Waals surface area contributed by atoms with E-state index in [9.17, 15) is 0 Å². The Kier molecular flexibility index (Phi) is 11.1. The average Bonchev–Trinajstić information content (AvgIpc) is 2.17. The van der Waals surface area contributed by atoms with Crippen LogP contribution in [0.15, 0.2) is 30.3 Å². The monoisotopic (exact) mass is 299 g/mol. The maximum Gasteiger partial charge on any atom is 0.761 e. The first kappa shape index (κ1) is 18.0. The van der Waals surface area contributed by atoms with Crippen molar-refractivity contribution in [3.05, 3.63) is 35.9 Å². The third-order valence-corrected chi connectivity index (χ3v) is 1.55. The molecule has 0 fully saturated rings. The molecular formula is C9H12CuMgO4Si. The number of hydrogen-bond acceptors (Lipinski definition) is 2. The van der Waals surface area contributed by atoms with E-state index in [-0.39, 0.29) is 40.1 Å². The Balaban J connectivity index is 0. The van der Waals surface area contributed by atoms with Gasteiger partial charge in [-0.3, -0.25) is 4.46 Å². The molecule has 0 bridgehead atoms. The van der Waals surface area contributed by atoms with E-state index in [1.807, 2.05) is 30.3 Å². The summed E-state index contributed by atoms with van der Waals surface area (Å²) in [6.45, 7) is 0.705. The predicted octanol–water partition coefficient (Wildman–Crippen LogP) is -0.440. The van der Waals surface area contributed by atoms with Gasteiger partial charge in [-0.15, -0.1) is 0 Å². The van der Waals surface area contributed by atoms with Crippen LogP contribution in [0.5, 0.6) is 5.75 Å². The van der Waals surface area contributed by atoms with Crippen LogP contribution in [0.4, 0.5) is 0 Å². The van der Waals surface area contributed by atoms with Crippen molar-refractivity contribution in [1.29, 1.82) is 0 Å². The van der Waals surface area contributed by atoms with Gasteiger partial charge in [0.2, 0.25) is 0 Å². The van der Waals surface area contributed by atoms with E-state index in [1.54, 1.807) is 0 Å². The van der Waals surface area contributed by atoms with Gasteiger partial charge < -0.3 is 14.3 Å². The van der Waals surface area contributed by atoms with Crippen LogP contribution in [-0.4, -0.2) is 48.4 Å². The van der Waals surface area contributed by atoms with Crippen molar-refractivity contribution in [3.8, 4) is 5.75 Å². The zero-order valence-electron chi connectivity index (χ0n) is 7.68. The molecule has 0 aromatic heterocycles. The number of benzene rings is 1. The first-order chi connectivity index (χ1) is 6.70. The second-order valence-corrected chi connectivity index (χ2v) is 3.10. The third kappa shape index (κ3) is 7.02. The van der Waals surface area contributed by atoms with Crippen LogP contribution in [0, 0.1) is 0 Å². The van der Waals surface area contributed by atoms with Gasteiger partial charge in [-0.1, -0.05) is 24.3 Å². The second-order valence-electron chi connectivity index (χ2n) is 2.53. The van der Waals surface area contributed by atoms with Crippen LogP contribution >= 0.6 is 0 Å². The van der Waals surface area contributed by atoms with E-state index in [1.165, 1.54) is 5.56 Å². The number of fused-ring (bicyclic) bond motifs is 1. The van der Waals surface area contributed by atoms with Gasteiger partial charge >= 0.3 is 32.2 Å². The zero-order chi connectivity index (χ0) is 10.4. The van der Waals surface area contributed by atoms with Gasteiger partial charge in [0.1, 0.15) is 12.4 Å². The molecule has 0 amide bonds. The van der Waals surface area contributed by atoms with Crippen molar-refractivity contribution in [2.24, 2.45) is 0 Å². The van der Waals surface area contributed by atoms with Crippen LogP contribution in [-0.2, 0) is 21.5 Å².